The van der Waals surface area contributed by atoms with Crippen molar-refractivity contribution in [2.45, 2.75) is 18.5 Å². The molecule has 0 aliphatic carbocycles. The van der Waals surface area contributed by atoms with Crippen molar-refractivity contribution in [1.82, 2.24) is 14.8 Å². The summed E-state index contributed by atoms with van der Waals surface area (Å²) in [6, 6.07) is 9.58. The maximum atomic E-state index is 12.5. The zero-order chi connectivity index (χ0) is 19.9. The second-order valence-electron chi connectivity index (χ2n) is 5.81. The van der Waals surface area contributed by atoms with Crippen molar-refractivity contribution in [3.8, 4) is 11.1 Å². The highest BCUT2D eigenvalue weighted by atomic mass is 32.2. The molecule has 0 radical (unpaired) electrons. The number of rotatable bonds is 8. The van der Waals surface area contributed by atoms with Crippen LogP contribution in [0.2, 0.25) is 0 Å². The van der Waals surface area contributed by atoms with Crippen LogP contribution < -0.4 is 5.32 Å². The normalized spacial score (nSPS) is 10.6. The van der Waals surface area contributed by atoms with Crippen LogP contribution >= 0.6 is 23.1 Å². The lowest BCUT2D eigenvalue weighted by molar-refractivity contribution is -0.115. The number of hydrogen-bond donors (Lipinski definition) is 1. The van der Waals surface area contributed by atoms with Crippen molar-refractivity contribution >= 4 is 40.0 Å². The first kappa shape index (κ1) is 20.1. The molecule has 0 bridgehead atoms. The second-order valence-corrected chi connectivity index (χ2v) is 7.75. The molecule has 28 heavy (non-hydrogen) atoms. The largest absolute Gasteiger partial charge is 0.462 e. The Labute approximate surface area is 171 Å². The summed E-state index contributed by atoms with van der Waals surface area (Å²) in [5.41, 5.74) is 2.06. The number of carbonyl (C=O) groups is 2. The fourth-order valence-corrected chi connectivity index (χ4v) is 4.31. The molecule has 0 aliphatic heterocycles. The van der Waals surface area contributed by atoms with E-state index < -0.39 is 5.97 Å². The minimum atomic E-state index is -0.439. The lowest BCUT2D eigenvalue weighted by atomic mass is 10.0. The topological polar surface area (TPSA) is 86.1 Å². The van der Waals surface area contributed by atoms with Gasteiger partial charge in [0.1, 0.15) is 16.9 Å². The predicted octanol–water partition coefficient (Wildman–Crippen LogP) is 3.84. The van der Waals surface area contributed by atoms with Crippen LogP contribution in [0.3, 0.4) is 0 Å². The van der Waals surface area contributed by atoms with E-state index >= 15 is 0 Å². The number of ether oxygens (including phenoxy) is 1. The monoisotopic (exact) mass is 416 g/mol. The maximum Gasteiger partial charge on any atom is 0.341 e. The molecule has 1 aromatic carbocycles. The molecule has 2 aromatic heterocycles. The van der Waals surface area contributed by atoms with E-state index in [1.165, 1.54) is 23.1 Å². The lowest BCUT2D eigenvalue weighted by Crippen LogP contribution is -2.15. The minimum absolute atomic E-state index is 0.165. The van der Waals surface area contributed by atoms with E-state index in [4.69, 9.17) is 4.74 Å². The highest BCUT2D eigenvalue weighted by Gasteiger charge is 2.22. The average molecular weight is 417 g/mol. The Morgan fingerprint density at radius 1 is 1.29 bits per heavy atom. The molecule has 0 fully saturated rings. The number of thioether (sulfide) groups is 1. The summed E-state index contributed by atoms with van der Waals surface area (Å²) in [7, 11) is 1.85. The Balaban J connectivity index is 1.72. The lowest BCUT2D eigenvalue weighted by Gasteiger charge is -2.09. The fraction of sp³-hybridized carbons (Fsp3) is 0.263. The van der Waals surface area contributed by atoms with E-state index in [1.54, 1.807) is 17.8 Å². The van der Waals surface area contributed by atoms with Crippen LogP contribution in [0.15, 0.2) is 47.2 Å². The number of esters is 1. The van der Waals surface area contributed by atoms with Gasteiger partial charge in [-0.1, -0.05) is 42.1 Å². The highest BCUT2D eigenvalue weighted by molar-refractivity contribution is 7.99. The van der Waals surface area contributed by atoms with E-state index in [9.17, 15) is 9.59 Å². The van der Waals surface area contributed by atoms with Crippen molar-refractivity contribution in [1.29, 1.82) is 0 Å². The van der Waals surface area contributed by atoms with Gasteiger partial charge in [0.25, 0.3) is 0 Å². The summed E-state index contributed by atoms with van der Waals surface area (Å²) in [6.07, 6.45) is 1.91. The minimum Gasteiger partial charge on any atom is -0.462 e. The van der Waals surface area contributed by atoms with Gasteiger partial charge in [-0.15, -0.1) is 21.5 Å². The Morgan fingerprint density at radius 2 is 2.07 bits per heavy atom. The predicted molar refractivity (Wildman–Crippen MR) is 111 cm³/mol. The van der Waals surface area contributed by atoms with E-state index in [1.807, 2.05) is 42.8 Å². The van der Waals surface area contributed by atoms with Gasteiger partial charge in [-0.2, -0.15) is 0 Å². The Hall–Kier alpha value is -2.65. The van der Waals surface area contributed by atoms with Gasteiger partial charge < -0.3 is 14.6 Å². The zero-order valence-electron chi connectivity index (χ0n) is 15.5. The molecule has 0 atom stereocenters. The molecule has 7 nitrogen and oxygen atoms in total. The van der Waals surface area contributed by atoms with Gasteiger partial charge in [-0.25, -0.2) is 4.79 Å². The summed E-state index contributed by atoms with van der Waals surface area (Å²) in [6.45, 7) is 2.03. The van der Waals surface area contributed by atoms with Gasteiger partial charge in [0, 0.05) is 30.2 Å². The first-order valence-corrected chi connectivity index (χ1v) is 10.6. The van der Waals surface area contributed by atoms with Crippen molar-refractivity contribution in [2.24, 2.45) is 7.05 Å². The van der Waals surface area contributed by atoms with Gasteiger partial charge in [0.2, 0.25) is 5.91 Å². The fourth-order valence-electron chi connectivity index (χ4n) is 2.51. The molecular weight excluding hydrogens is 396 g/mol. The Bertz CT molecular complexity index is 953. The van der Waals surface area contributed by atoms with Crippen LogP contribution in [0.25, 0.3) is 11.1 Å². The molecule has 3 rings (SSSR count). The number of amides is 1. The molecule has 0 spiro atoms. The maximum absolute atomic E-state index is 12.5. The molecule has 0 unspecified atom stereocenters. The van der Waals surface area contributed by atoms with Crippen molar-refractivity contribution < 1.29 is 14.3 Å². The number of carbonyl (C=O) groups excluding carboxylic acids is 2. The molecule has 0 aliphatic rings. The zero-order valence-corrected chi connectivity index (χ0v) is 17.2. The van der Waals surface area contributed by atoms with Crippen LogP contribution in [0.5, 0.6) is 0 Å². The number of aromatic nitrogens is 3. The van der Waals surface area contributed by atoms with Gasteiger partial charge in [-0.3, -0.25) is 4.79 Å². The van der Waals surface area contributed by atoms with Crippen LogP contribution in [-0.2, 0) is 16.6 Å². The van der Waals surface area contributed by atoms with E-state index in [0.29, 0.717) is 22.7 Å². The van der Waals surface area contributed by atoms with Crippen LogP contribution in [-0.4, -0.2) is 39.0 Å². The Kier molecular flexibility index (Phi) is 6.83. The van der Waals surface area contributed by atoms with Crippen molar-refractivity contribution in [3.05, 3.63) is 47.6 Å². The first-order chi connectivity index (χ1) is 13.6. The standard InChI is InChI=1S/C19H20N4O3S2/c1-3-26-18(25)16-14(13-7-5-4-6-8-13)11-28-17(16)21-15(24)9-10-27-19-22-20-12-23(19)2/h4-8,11-12H,3,9-10H2,1-2H3,(H,21,24). The summed E-state index contributed by atoms with van der Waals surface area (Å²) < 4.78 is 7.01. The van der Waals surface area contributed by atoms with Crippen LogP contribution in [0.1, 0.15) is 23.7 Å². The van der Waals surface area contributed by atoms with E-state index in [-0.39, 0.29) is 12.5 Å². The number of benzene rings is 1. The Morgan fingerprint density at radius 3 is 2.75 bits per heavy atom. The second kappa shape index (κ2) is 9.52. The number of nitrogens with zero attached hydrogens (tertiary/aromatic N) is 3. The third-order valence-electron chi connectivity index (χ3n) is 3.84. The quantitative estimate of drug-likeness (QED) is 0.443. The third kappa shape index (κ3) is 4.79. The number of nitrogens with one attached hydrogen (secondary N) is 1. The van der Waals surface area contributed by atoms with Gasteiger partial charge in [0.15, 0.2) is 5.16 Å². The van der Waals surface area contributed by atoms with Crippen LogP contribution in [0.4, 0.5) is 5.00 Å². The summed E-state index contributed by atoms with van der Waals surface area (Å²) in [5, 5.41) is 13.8. The van der Waals surface area contributed by atoms with Gasteiger partial charge >= 0.3 is 5.97 Å². The SMILES string of the molecule is CCOC(=O)c1c(-c2ccccc2)csc1NC(=O)CCSc1nncn1C. The molecule has 1 amide bonds. The summed E-state index contributed by atoms with van der Waals surface area (Å²) >= 11 is 2.77. The van der Waals surface area contributed by atoms with Gasteiger partial charge in [0.05, 0.1) is 6.61 Å². The van der Waals surface area contributed by atoms with Crippen LogP contribution in [0, 0.1) is 0 Å². The molecule has 1 N–H and O–H groups in total. The molecule has 3 aromatic rings. The molecule has 9 heteroatoms. The third-order valence-corrected chi connectivity index (χ3v) is 5.77. The van der Waals surface area contributed by atoms with Crippen molar-refractivity contribution in [2.75, 3.05) is 17.7 Å². The number of anilines is 1. The molecule has 2 heterocycles. The number of thiophene rings is 1. The van der Waals surface area contributed by atoms with E-state index in [0.717, 1.165) is 16.3 Å². The molecular formula is C19H20N4O3S2. The molecule has 0 saturated heterocycles. The number of hydrogen-bond acceptors (Lipinski definition) is 7. The highest BCUT2D eigenvalue weighted by Crippen LogP contribution is 2.36. The van der Waals surface area contributed by atoms with Crippen molar-refractivity contribution in [3.63, 3.8) is 0 Å². The van der Waals surface area contributed by atoms with E-state index in [2.05, 4.69) is 15.5 Å². The summed E-state index contributed by atoms with van der Waals surface area (Å²) in [4.78, 5) is 24.9. The molecule has 146 valence electrons. The van der Waals surface area contributed by atoms with Gasteiger partial charge in [-0.05, 0) is 12.5 Å². The smallest absolute Gasteiger partial charge is 0.341 e. The number of aryl methyl sites for hydroxylation is 1. The molecule has 0 saturated carbocycles. The average Bonchev–Trinajstić information content (AvgIpc) is 3.29. The first-order valence-electron chi connectivity index (χ1n) is 8.70. The summed E-state index contributed by atoms with van der Waals surface area (Å²) in [5.74, 6) is -0.0441.